The van der Waals surface area contributed by atoms with Gasteiger partial charge in [-0.25, -0.2) is 0 Å². The lowest BCUT2D eigenvalue weighted by molar-refractivity contribution is -0.385. The molecule has 0 spiro atoms. The molecule has 6 nitrogen and oxygen atoms in total. The number of thioether (sulfide) groups is 1. The number of nitrogens with zero attached hydrogens (tertiary/aromatic N) is 2. The van der Waals surface area contributed by atoms with Crippen LogP contribution in [0.15, 0.2) is 23.1 Å². The number of likely N-dealkylation sites (tertiary alicyclic amines) is 1. The van der Waals surface area contributed by atoms with Gasteiger partial charge in [-0.2, -0.15) is 0 Å². The maximum absolute atomic E-state index is 12.7. The molecule has 1 atom stereocenters. The molecule has 1 saturated heterocycles. The zero-order chi connectivity index (χ0) is 16.1. The molecule has 1 amide bonds. The maximum Gasteiger partial charge on any atom is 0.282 e. The molecule has 23 heavy (non-hydrogen) atoms. The van der Waals surface area contributed by atoms with Gasteiger partial charge in [0, 0.05) is 24.1 Å². The molecule has 0 aromatic heterocycles. The number of carbonyl (C=O) groups excluding carboxylic acids is 1. The van der Waals surface area contributed by atoms with E-state index in [1.807, 2.05) is 13.3 Å². The molecule has 1 aromatic carbocycles. The van der Waals surface area contributed by atoms with Crippen molar-refractivity contribution in [3.05, 3.63) is 33.9 Å². The molecule has 128 valence electrons. The summed E-state index contributed by atoms with van der Waals surface area (Å²) in [6.45, 7) is 2.18. The molecular formula is C15H22ClN3O3S. The number of nitro groups is 1. The van der Waals surface area contributed by atoms with Gasteiger partial charge < -0.3 is 10.2 Å². The van der Waals surface area contributed by atoms with Gasteiger partial charge in [-0.1, -0.05) is 0 Å². The van der Waals surface area contributed by atoms with Crippen molar-refractivity contribution in [1.82, 2.24) is 10.2 Å². The van der Waals surface area contributed by atoms with Crippen molar-refractivity contribution in [2.24, 2.45) is 5.92 Å². The summed E-state index contributed by atoms with van der Waals surface area (Å²) in [4.78, 5) is 26.1. The molecule has 0 bridgehead atoms. The molecule has 1 aliphatic rings. The highest BCUT2D eigenvalue weighted by Gasteiger charge is 2.28. The van der Waals surface area contributed by atoms with Gasteiger partial charge >= 0.3 is 0 Å². The van der Waals surface area contributed by atoms with Crippen LogP contribution in [0, 0.1) is 16.0 Å². The first kappa shape index (κ1) is 19.7. The van der Waals surface area contributed by atoms with Crippen LogP contribution < -0.4 is 5.32 Å². The Bertz CT molecular complexity index is 569. The van der Waals surface area contributed by atoms with E-state index in [1.54, 1.807) is 17.0 Å². The van der Waals surface area contributed by atoms with E-state index in [9.17, 15) is 14.9 Å². The number of rotatable bonds is 5. The number of nitrogens with one attached hydrogen (secondary N) is 1. The Morgan fingerprint density at radius 1 is 1.52 bits per heavy atom. The summed E-state index contributed by atoms with van der Waals surface area (Å²) in [6, 6.07) is 4.74. The third-order valence-electron chi connectivity index (χ3n) is 3.93. The molecule has 8 heteroatoms. The highest BCUT2D eigenvalue weighted by atomic mass is 35.5. The molecule has 1 aliphatic heterocycles. The topological polar surface area (TPSA) is 75.5 Å². The minimum Gasteiger partial charge on any atom is -0.338 e. The Kier molecular flexibility index (Phi) is 7.81. The van der Waals surface area contributed by atoms with Crippen molar-refractivity contribution in [2.45, 2.75) is 17.7 Å². The van der Waals surface area contributed by atoms with Gasteiger partial charge in [0.15, 0.2) is 0 Å². The summed E-state index contributed by atoms with van der Waals surface area (Å²) in [5.41, 5.74) is 0.0838. The van der Waals surface area contributed by atoms with Crippen LogP contribution in [0.4, 0.5) is 5.69 Å². The smallest absolute Gasteiger partial charge is 0.282 e. The summed E-state index contributed by atoms with van der Waals surface area (Å²) in [7, 11) is 1.90. The Labute approximate surface area is 146 Å². The lowest BCUT2D eigenvalue weighted by Crippen LogP contribution is -2.42. The monoisotopic (exact) mass is 359 g/mol. The van der Waals surface area contributed by atoms with E-state index in [2.05, 4.69) is 5.32 Å². The van der Waals surface area contributed by atoms with E-state index >= 15 is 0 Å². The molecule has 1 N–H and O–H groups in total. The van der Waals surface area contributed by atoms with Gasteiger partial charge in [0.05, 0.1) is 4.92 Å². The summed E-state index contributed by atoms with van der Waals surface area (Å²) in [5, 5.41) is 14.3. The molecule has 0 saturated carbocycles. The molecular weight excluding hydrogens is 338 g/mol. The van der Waals surface area contributed by atoms with Crippen molar-refractivity contribution >= 4 is 35.8 Å². The number of piperidine rings is 1. The van der Waals surface area contributed by atoms with E-state index in [0.717, 1.165) is 24.3 Å². The Morgan fingerprint density at radius 2 is 2.26 bits per heavy atom. The van der Waals surface area contributed by atoms with Gasteiger partial charge in [-0.3, -0.25) is 14.9 Å². The zero-order valence-electron chi connectivity index (χ0n) is 13.3. The molecule has 1 aromatic rings. The lowest BCUT2D eigenvalue weighted by atomic mass is 9.97. The number of nitro benzene ring substituents is 1. The summed E-state index contributed by atoms with van der Waals surface area (Å²) in [5.74, 6) is 0.175. The summed E-state index contributed by atoms with van der Waals surface area (Å²) >= 11 is 1.47. The molecule has 1 heterocycles. The van der Waals surface area contributed by atoms with Gasteiger partial charge in [0.25, 0.3) is 11.6 Å². The first-order chi connectivity index (χ1) is 10.6. The fourth-order valence-corrected chi connectivity index (χ4v) is 3.29. The van der Waals surface area contributed by atoms with Crippen LogP contribution in [0.3, 0.4) is 0 Å². The van der Waals surface area contributed by atoms with Gasteiger partial charge in [-0.05, 0) is 50.7 Å². The number of amides is 1. The second kappa shape index (κ2) is 9.10. The van der Waals surface area contributed by atoms with Crippen LogP contribution in [0.25, 0.3) is 0 Å². The van der Waals surface area contributed by atoms with E-state index in [-0.39, 0.29) is 29.6 Å². The van der Waals surface area contributed by atoms with Gasteiger partial charge in [-0.15, -0.1) is 24.2 Å². The van der Waals surface area contributed by atoms with Gasteiger partial charge in [0.1, 0.15) is 5.56 Å². The highest BCUT2D eigenvalue weighted by molar-refractivity contribution is 7.98. The molecule has 0 aliphatic carbocycles. The van der Waals surface area contributed by atoms with E-state index in [4.69, 9.17) is 0 Å². The number of carbonyl (C=O) groups is 1. The van der Waals surface area contributed by atoms with Crippen molar-refractivity contribution < 1.29 is 9.72 Å². The first-order valence-corrected chi connectivity index (χ1v) is 8.55. The maximum atomic E-state index is 12.7. The number of halogens is 1. The third-order valence-corrected chi connectivity index (χ3v) is 4.66. The minimum atomic E-state index is -0.480. The van der Waals surface area contributed by atoms with Crippen LogP contribution in [0.2, 0.25) is 0 Å². The zero-order valence-corrected chi connectivity index (χ0v) is 14.9. The molecule has 1 fully saturated rings. The predicted octanol–water partition coefficient (Wildman–Crippen LogP) is 2.81. The highest BCUT2D eigenvalue weighted by Crippen LogP contribution is 2.27. The Balaban J connectivity index is 0.00000264. The molecule has 1 unspecified atom stereocenters. The SMILES string of the molecule is CNCC1CCCN(C(=O)c2cc(SC)ccc2[N+](=O)[O-])C1.Cl. The van der Waals surface area contributed by atoms with Crippen molar-refractivity contribution in [3.63, 3.8) is 0 Å². The van der Waals surface area contributed by atoms with Crippen LogP contribution in [-0.2, 0) is 0 Å². The third kappa shape index (κ3) is 4.83. The number of hydrogen-bond acceptors (Lipinski definition) is 5. The van der Waals surface area contributed by atoms with Crippen LogP contribution in [-0.4, -0.2) is 48.7 Å². The Hall–Kier alpha value is -1.31. The molecule has 0 radical (unpaired) electrons. The number of hydrogen-bond donors (Lipinski definition) is 1. The van der Waals surface area contributed by atoms with Crippen molar-refractivity contribution in [2.75, 3.05) is 32.9 Å². The predicted molar refractivity (Wildman–Crippen MR) is 94.7 cm³/mol. The quantitative estimate of drug-likeness (QED) is 0.497. The average molecular weight is 360 g/mol. The van der Waals surface area contributed by atoms with Crippen LogP contribution >= 0.6 is 24.2 Å². The summed E-state index contributed by atoms with van der Waals surface area (Å²) < 4.78 is 0. The number of benzene rings is 1. The van der Waals surface area contributed by atoms with Crippen molar-refractivity contribution in [1.29, 1.82) is 0 Å². The fraction of sp³-hybridized carbons (Fsp3) is 0.533. The standard InChI is InChI=1S/C15H21N3O3S.ClH/c1-16-9-11-4-3-7-17(10-11)15(19)13-8-12(22-2)5-6-14(13)18(20)21;/h5-6,8,11,16H,3-4,7,9-10H2,1-2H3;1H. The second-order valence-electron chi connectivity index (χ2n) is 5.46. The van der Waals surface area contributed by atoms with E-state index < -0.39 is 4.92 Å². The second-order valence-corrected chi connectivity index (χ2v) is 6.34. The van der Waals surface area contributed by atoms with E-state index in [0.29, 0.717) is 19.0 Å². The van der Waals surface area contributed by atoms with Gasteiger partial charge in [0.2, 0.25) is 0 Å². The van der Waals surface area contributed by atoms with Crippen LogP contribution in [0.1, 0.15) is 23.2 Å². The summed E-state index contributed by atoms with van der Waals surface area (Å²) in [6.07, 6.45) is 3.91. The first-order valence-electron chi connectivity index (χ1n) is 7.33. The fourth-order valence-electron chi connectivity index (χ4n) is 2.85. The van der Waals surface area contributed by atoms with E-state index in [1.165, 1.54) is 17.8 Å². The largest absolute Gasteiger partial charge is 0.338 e. The van der Waals surface area contributed by atoms with Crippen LogP contribution in [0.5, 0.6) is 0 Å². The normalized spacial score (nSPS) is 17.5. The average Bonchev–Trinajstić information content (AvgIpc) is 2.54. The van der Waals surface area contributed by atoms with Crippen molar-refractivity contribution in [3.8, 4) is 0 Å². The lowest BCUT2D eigenvalue weighted by Gasteiger charge is -2.32. The molecule has 2 rings (SSSR count). The Morgan fingerprint density at radius 3 is 2.87 bits per heavy atom. The minimum absolute atomic E-state index is 0.